The first kappa shape index (κ1) is 20.8. The van der Waals surface area contributed by atoms with Gasteiger partial charge in [-0.15, -0.1) is 0 Å². The number of benzene rings is 2. The van der Waals surface area contributed by atoms with Crippen molar-refractivity contribution in [1.82, 2.24) is 0 Å². The highest BCUT2D eigenvalue weighted by Gasteiger charge is 2.33. The smallest absolute Gasteiger partial charge is 0.416 e. The molecule has 11 heteroatoms. The molecule has 8 nitrogen and oxygen atoms in total. The minimum absolute atomic E-state index is 0.200. The molecule has 0 aromatic heterocycles. The SMILES string of the molecule is COc1ccc(/C=N\Nc2ccc(C(F)(F)F)cc2[N+](=O)[O-])c(OC)c1OC. The summed E-state index contributed by atoms with van der Waals surface area (Å²) < 4.78 is 53.9. The quantitative estimate of drug-likeness (QED) is 0.428. The Labute approximate surface area is 157 Å². The maximum absolute atomic E-state index is 12.7. The van der Waals surface area contributed by atoms with Crippen molar-refractivity contribution >= 4 is 17.6 Å². The Bertz CT molecular complexity index is 900. The van der Waals surface area contributed by atoms with Gasteiger partial charge in [-0.25, -0.2) is 0 Å². The second kappa shape index (κ2) is 8.46. The van der Waals surface area contributed by atoms with E-state index in [2.05, 4.69) is 10.5 Å². The molecule has 2 aromatic carbocycles. The van der Waals surface area contributed by atoms with Crippen LogP contribution in [0.1, 0.15) is 11.1 Å². The van der Waals surface area contributed by atoms with Crippen LogP contribution < -0.4 is 19.6 Å². The Morgan fingerprint density at radius 1 is 1.07 bits per heavy atom. The average Bonchev–Trinajstić information content (AvgIpc) is 2.66. The highest BCUT2D eigenvalue weighted by Crippen LogP contribution is 2.39. The summed E-state index contributed by atoms with van der Waals surface area (Å²) in [5, 5.41) is 14.9. The monoisotopic (exact) mass is 399 g/mol. The number of anilines is 1. The van der Waals surface area contributed by atoms with Gasteiger partial charge < -0.3 is 14.2 Å². The largest absolute Gasteiger partial charge is 0.493 e. The first-order valence-corrected chi connectivity index (χ1v) is 7.66. The van der Waals surface area contributed by atoms with Crippen LogP contribution in [0.15, 0.2) is 35.4 Å². The Hall–Kier alpha value is -3.50. The number of rotatable bonds is 7. The summed E-state index contributed by atoms with van der Waals surface area (Å²) in [6.07, 6.45) is -3.41. The maximum atomic E-state index is 12.7. The lowest BCUT2D eigenvalue weighted by Crippen LogP contribution is -2.06. The summed E-state index contributed by atoms with van der Waals surface area (Å²) in [4.78, 5) is 10.2. The number of alkyl halides is 3. The number of hydrazone groups is 1. The van der Waals surface area contributed by atoms with Crippen LogP contribution in [0.2, 0.25) is 0 Å². The number of nitro groups is 1. The van der Waals surface area contributed by atoms with E-state index in [1.165, 1.54) is 27.5 Å². The highest BCUT2D eigenvalue weighted by molar-refractivity contribution is 5.86. The van der Waals surface area contributed by atoms with Crippen molar-refractivity contribution in [2.24, 2.45) is 5.10 Å². The predicted octanol–water partition coefficient (Wildman–Crippen LogP) is 4.09. The highest BCUT2D eigenvalue weighted by atomic mass is 19.4. The first-order valence-electron chi connectivity index (χ1n) is 7.66. The molecule has 0 heterocycles. The molecular formula is C17H16F3N3O5. The summed E-state index contributed by atoms with van der Waals surface area (Å²) >= 11 is 0. The van der Waals surface area contributed by atoms with Gasteiger partial charge in [-0.1, -0.05) is 0 Å². The summed E-state index contributed by atoms with van der Waals surface area (Å²) in [6, 6.07) is 5.30. The standard InChI is InChI=1S/C17H16F3N3O5/c1-26-14-7-4-10(15(27-2)16(14)28-3)9-21-22-12-6-5-11(17(18,19)20)8-13(12)23(24)25/h4-9,22H,1-3H3/b21-9-. The molecule has 0 atom stereocenters. The van der Waals surface area contributed by atoms with Gasteiger partial charge in [0.1, 0.15) is 5.69 Å². The average molecular weight is 399 g/mol. The number of hydrogen-bond donors (Lipinski definition) is 1. The normalized spacial score (nSPS) is 11.4. The van der Waals surface area contributed by atoms with Crippen LogP contribution in [0.4, 0.5) is 24.5 Å². The van der Waals surface area contributed by atoms with Gasteiger partial charge in [0.15, 0.2) is 11.5 Å². The van der Waals surface area contributed by atoms with Crippen molar-refractivity contribution < 1.29 is 32.3 Å². The fraction of sp³-hybridized carbons (Fsp3) is 0.235. The van der Waals surface area contributed by atoms with E-state index in [1.54, 1.807) is 12.1 Å². The number of methoxy groups -OCH3 is 3. The lowest BCUT2D eigenvalue weighted by Gasteiger charge is -2.13. The molecule has 0 aliphatic heterocycles. The zero-order chi connectivity index (χ0) is 20.9. The van der Waals surface area contributed by atoms with Crippen LogP contribution in [0.3, 0.4) is 0 Å². The third kappa shape index (κ3) is 4.42. The molecule has 0 aliphatic carbocycles. The fourth-order valence-corrected chi connectivity index (χ4v) is 2.35. The predicted molar refractivity (Wildman–Crippen MR) is 95.4 cm³/mol. The minimum Gasteiger partial charge on any atom is -0.493 e. The number of ether oxygens (including phenoxy) is 3. The zero-order valence-corrected chi connectivity index (χ0v) is 15.0. The second-order valence-electron chi connectivity index (χ2n) is 5.28. The second-order valence-corrected chi connectivity index (χ2v) is 5.28. The van der Waals surface area contributed by atoms with E-state index < -0.39 is 22.4 Å². The summed E-state index contributed by atoms with van der Waals surface area (Å²) in [7, 11) is 4.28. The molecular weight excluding hydrogens is 383 g/mol. The number of hydrogen-bond acceptors (Lipinski definition) is 7. The molecule has 0 amide bonds. The number of halogens is 3. The van der Waals surface area contributed by atoms with Gasteiger partial charge >= 0.3 is 6.18 Å². The van der Waals surface area contributed by atoms with Crippen LogP contribution in [0.5, 0.6) is 17.2 Å². The summed E-state index contributed by atoms with van der Waals surface area (Å²) in [6.45, 7) is 0. The maximum Gasteiger partial charge on any atom is 0.416 e. The van der Waals surface area contributed by atoms with Crippen molar-refractivity contribution in [1.29, 1.82) is 0 Å². The molecule has 0 aliphatic rings. The third-order valence-corrected chi connectivity index (χ3v) is 3.65. The van der Waals surface area contributed by atoms with E-state index >= 15 is 0 Å². The fourth-order valence-electron chi connectivity index (χ4n) is 2.35. The van der Waals surface area contributed by atoms with Gasteiger partial charge in [0, 0.05) is 11.6 Å². The molecule has 1 N–H and O–H groups in total. The van der Waals surface area contributed by atoms with Crippen molar-refractivity contribution in [3.8, 4) is 17.2 Å². The first-order chi connectivity index (χ1) is 13.2. The minimum atomic E-state index is -4.69. The Kier molecular flexibility index (Phi) is 6.29. The van der Waals surface area contributed by atoms with Crippen molar-refractivity contribution in [3.05, 3.63) is 51.6 Å². The number of nitrogens with zero attached hydrogens (tertiary/aromatic N) is 2. The van der Waals surface area contributed by atoms with Gasteiger partial charge in [0.25, 0.3) is 5.69 Å². The molecule has 0 unspecified atom stereocenters. The Morgan fingerprint density at radius 2 is 1.75 bits per heavy atom. The van der Waals surface area contributed by atoms with Gasteiger partial charge in [0.2, 0.25) is 5.75 Å². The van der Waals surface area contributed by atoms with Gasteiger partial charge in [-0.3, -0.25) is 15.5 Å². The van der Waals surface area contributed by atoms with Gasteiger partial charge in [-0.2, -0.15) is 18.3 Å². The van der Waals surface area contributed by atoms with E-state index in [0.717, 1.165) is 12.1 Å². The number of nitrogens with one attached hydrogen (secondary N) is 1. The molecule has 0 spiro atoms. The Morgan fingerprint density at radius 3 is 2.29 bits per heavy atom. The van der Waals surface area contributed by atoms with Crippen LogP contribution >= 0.6 is 0 Å². The van der Waals surface area contributed by atoms with Crippen molar-refractivity contribution in [2.75, 3.05) is 26.8 Å². The van der Waals surface area contributed by atoms with Gasteiger partial charge in [0.05, 0.1) is 38.0 Å². The molecule has 28 heavy (non-hydrogen) atoms. The molecule has 2 aromatic rings. The van der Waals surface area contributed by atoms with Crippen LogP contribution in [0, 0.1) is 10.1 Å². The van der Waals surface area contributed by atoms with E-state index in [1.807, 2.05) is 0 Å². The summed E-state index contributed by atoms with van der Waals surface area (Å²) in [5.41, 5.74) is 0.731. The van der Waals surface area contributed by atoms with E-state index in [4.69, 9.17) is 14.2 Å². The third-order valence-electron chi connectivity index (χ3n) is 3.65. The molecule has 0 radical (unpaired) electrons. The van der Waals surface area contributed by atoms with Crippen LogP contribution in [0.25, 0.3) is 0 Å². The van der Waals surface area contributed by atoms with E-state index in [0.29, 0.717) is 28.9 Å². The van der Waals surface area contributed by atoms with Crippen LogP contribution in [-0.2, 0) is 6.18 Å². The zero-order valence-electron chi connectivity index (χ0n) is 15.0. The molecule has 150 valence electrons. The topological polar surface area (TPSA) is 95.2 Å². The van der Waals surface area contributed by atoms with Crippen molar-refractivity contribution in [3.63, 3.8) is 0 Å². The lowest BCUT2D eigenvalue weighted by molar-refractivity contribution is -0.384. The van der Waals surface area contributed by atoms with E-state index in [9.17, 15) is 23.3 Å². The van der Waals surface area contributed by atoms with Gasteiger partial charge in [-0.05, 0) is 24.3 Å². The lowest BCUT2D eigenvalue weighted by atomic mass is 10.1. The molecule has 0 saturated carbocycles. The van der Waals surface area contributed by atoms with Crippen molar-refractivity contribution in [2.45, 2.75) is 6.18 Å². The molecule has 0 fully saturated rings. The number of nitro benzene ring substituents is 1. The van der Waals surface area contributed by atoms with E-state index in [-0.39, 0.29) is 5.69 Å². The molecule has 0 saturated heterocycles. The summed E-state index contributed by atoms with van der Waals surface area (Å²) in [5.74, 6) is 1.03. The Balaban J connectivity index is 2.34. The molecule has 0 bridgehead atoms. The molecule has 2 rings (SSSR count). The van der Waals surface area contributed by atoms with Crippen LogP contribution in [-0.4, -0.2) is 32.5 Å².